The van der Waals surface area contributed by atoms with E-state index in [0.29, 0.717) is 17.3 Å². The van der Waals surface area contributed by atoms with Crippen molar-refractivity contribution in [3.05, 3.63) is 29.6 Å². The molecule has 0 aliphatic carbocycles. The van der Waals surface area contributed by atoms with E-state index in [1.807, 2.05) is 0 Å². The Morgan fingerprint density at radius 1 is 1.50 bits per heavy atom. The third-order valence-corrected chi connectivity index (χ3v) is 3.64. The van der Waals surface area contributed by atoms with Crippen molar-refractivity contribution in [3.8, 4) is 0 Å². The number of thioether (sulfide) groups is 1. The summed E-state index contributed by atoms with van der Waals surface area (Å²) in [6.07, 6.45) is 1.38. The monoisotopic (exact) mass is 295 g/mol. The van der Waals surface area contributed by atoms with Crippen molar-refractivity contribution in [2.24, 2.45) is 0 Å². The first-order chi connectivity index (χ1) is 9.56. The van der Waals surface area contributed by atoms with E-state index in [0.717, 1.165) is 0 Å². The normalized spacial score (nSPS) is 14.4. The zero-order valence-corrected chi connectivity index (χ0v) is 11.4. The van der Waals surface area contributed by atoms with E-state index < -0.39 is 5.97 Å². The Balaban J connectivity index is 1.85. The Labute approximate surface area is 119 Å². The minimum Gasteiger partial charge on any atom is -0.478 e. The smallest absolute Gasteiger partial charge is 0.335 e. The maximum atomic E-state index is 11.7. The number of hydrogen-bond acceptors (Lipinski definition) is 5. The van der Waals surface area contributed by atoms with Crippen LogP contribution in [0, 0.1) is 0 Å². The molecular formula is C12H13N3O4S. The second kappa shape index (κ2) is 6.38. The van der Waals surface area contributed by atoms with Crippen LogP contribution < -0.4 is 5.32 Å². The molecule has 0 radical (unpaired) electrons. The predicted molar refractivity (Wildman–Crippen MR) is 72.1 cm³/mol. The minimum atomic E-state index is -1.04. The zero-order valence-electron chi connectivity index (χ0n) is 10.5. The maximum Gasteiger partial charge on any atom is 0.335 e. The first kappa shape index (κ1) is 14.3. The molecule has 0 bridgehead atoms. The molecule has 1 aromatic rings. The summed E-state index contributed by atoms with van der Waals surface area (Å²) in [6.45, 7) is 0.152. The number of pyridine rings is 1. The Morgan fingerprint density at radius 2 is 2.30 bits per heavy atom. The van der Waals surface area contributed by atoms with Crippen molar-refractivity contribution < 1.29 is 19.5 Å². The van der Waals surface area contributed by atoms with Gasteiger partial charge in [0.2, 0.25) is 11.8 Å². The summed E-state index contributed by atoms with van der Waals surface area (Å²) in [4.78, 5) is 39.3. The lowest BCUT2D eigenvalue weighted by molar-refractivity contribution is -0.132. The van der Waals surface area contributed by atoms with Crippen molar-refractivity contribution in [1.29, 1.82) is 0 Å². The molecule has 1 aliphatic heterocycles. The molecule has 2 N–H and O–H groups in total. The standard InChI is InChI=1S/C12H13N3O4S/c16-10(5-15-7-20-6-11(15)17)14-4-9-3-8(12(18)19)1-2-13-9/h1-3H,4-7H2,(H,14,16)(H,18,19). The Kier molecular flexibility index (Phi) is 4.57. The highest BCUT2D eigenvalue weighted by atomic mass is 32.2. The van der Waals surface area contributed by atoms with Crippen LogP contribution in [0.15, 0.2) is 18.3 Å². The first-order valence-corrected chi connectivity index (χ1v) is 7.02. The highest BCUT2D eigenvalue weighted by Crippen LogP contribution is 2.13. The van der Waals surface area contributed by atoms with Gasteiger partial charge in [0.05, 0.1) is 29.4 Å². The van der Waals surface area contributed by atoms with Gasteiger partial charge in [0, 0.05) is 6.20 Å². The maximum absolute atomic E-state index is 11.7. The molecule has 1 saturated heterocycles. The Morgan fingerprint density at radius 3 is 2.95 bits per heavy atom. The van der Waals surface area contributed by atoms with Crippen LogP contribution in [0.3, 0.4) is 0 Å². The predicted octanol–water partition coefficient (Wildman–Crippen LogP) is -0.0711. The fourth-order valence-corrected chi connectivity index (χ4v) is 2.57. The van der Waals surface area contributed by atoms with Gasteiger partial charge in [-0.05, 0) is 12.1 Å². The molecule has 7 nitrogen and oxygen atoms in total. The molecule has 0 atom stereocenters. The molecule has 2 heterocycles. The number of amides is 2. The number of carboxylic acid groups (broad SMARTS) is 1. The number of carboxylic acids is 1. The second-order valence-electron chi connectivity index (χ2n) is 4.19. The number of nitrogens with one attached hydrogen (secondary N) is 1. The number of rotatable bonds is 5. The molecule has 0 saturated carbocycles. The highest BCUT2D eigenvalue weighted by Gasteiger charge is 2.22. The number of aromatic carboxylic acids is 1. The summed E-state index contributed by atoms with van der Waals surface area (Å²) in [6, 6.07) is 2.78. The van der Waals surface area contributed by atoms with Gasteiger partial charge >= 0.3 is 5.97 Å². The van der Waals surface area contributed by atoms with Gasteiger partial charge in [-0.25, -0.2) is 4.79 Å². The average molecular weight is 295 g/mol. The fourth-order valence-electron chi connectivity index (χ4n) is 1.67. The largest absolute Gasteiger partial charge is 0.478 e. The van der Waals surface area contributed by atoms with Crippen LogP contribution in [0.4, 0.5) is 0 Å². The topological polar surface area (TPSA) is 99.6 Å². The average Bonchev–Trinajstić information content (AvgIpc) is 2.82. The SMILES string of the molecule is O=C(CN1CSCC1=O)NCc1cc(C(=O)O)ccn1. The summed E-state index contributed by atoms with van der Waals surface area (Å²) >= 11 is 1.47. The van der Waals surface area contributed by atoms with E-state index in [4.69, 9.17) is 5.11 Å². The van der Waals surface area contributed by atoms with E-state index in [9.17, 15) is 14.4 Å². The van der Waals surface area contributed by atoms with Crippen LogP contribution >= 0.6 is 11.8 Å². The van der Waals surface area contributed by atoms with Crippen molar-refractivity contribution in [1.82, 2.24) is 15.2 Å². The molecule has 2 rings (SSSR count). The van der Waals surface area contributed by atoms with Gasteiger partial charge in [0.15, 0.2) is 0 Å². The van der Waals surface area contributed by atoms with Crippen molar-refractivity contribution in [2.75, 3.05) is 18.2 Å². The van der Waals surface area contributed by atoms with E-state index >= 15 is 0 Å². The second-order valence-corrected chi connectivity index (χ2v) is 5.14. The van der Waals surface area contributed by atoms with Crippen LogP contribution in [0.5, 0.6) is 0 Å². The zero-order chi connectivity index (χ0) is 14.5. The van der Waals surface area contributed by atoms with Crippen LogP contribution in [-0.4, -0.2) is 50.9 Å². The van der Waals surface area contributed by atoms with Crippen molar-refractivity contribution in [2.45, 2.75) is 6.54 Å². The van der Waals surface area contributed by atoms with Gasteiger partial charge in [0.1, 0.15) is 6.54 Å². The number of carbonyl (C=O) groups is 3. The Hall–Kier alpha value is -2.09. The van der Waals surface area contributed by atoms with E-state index in [2.05, 4.69) is 10.3 Å². The summed E-state index contributed by atoms with van der Waals surface area (Å²) < 4.78 is 0. The molecule has 0 unspecified atom stereocenters. The number of hydrogen-bond donors (Lipinski definition) is 2. The molecule has 20 heavy (non-hydrogen) atoms. The minimum absolute atomic E-state index is 0.0183. The lowest BCUT2D eigenvalue weighted by Crippen LogP contribution is -2.38. The van der Waals surface area contributed by atoms with Crippen molar-refractivity contribution in [3.63, 3.8) is 0 Å². The van der Waals surface area contributed by atoms with E-state index in [-0.39, 0.29) is 30.5 Å². The fraction of sp³-hybridized carbons (Fsp3) is 0.333. The van der Waals surface area contributed by atoms with E-state index in [1.54, 1.807) is 0 Å². The number of carbonyl (C=O) groups excluding carboxylic acids is 2. The van der Waals surface area contributed by atoms with Crippen molar-refractivity contribution >= 4 is 29.5 Å². The first-order valence-electron chi connectivity index (χ1n) is 5.86. The number of aromatic nitrogens is 1. The molecule has 1 fully saturated rings. The van der Waals surface area contributed by atoms with Crippen LogP contribution in [0.1, 0.15) is 16.1 Å². The third-order valence-electron chi connectivity index (χ3n) is 2.69. The van der Waals surface area contributed by atoms with Crippen LogP contribution in [0.25, 0.3) is 0 Å². The third kappa shape index (κ3) is 3.70. The molecule has 1 aromatic heterocycles. The molecule has 8 heteroatoms. The van der Waals surface area contributed by atoms with Gasteiger partial charge in [-0.3, -0.25) is 14.6 Å². The van der Waals surface area contributed by atoms with Gasteiger partial charge < -0.3 is 15.3 Å². The summed E-state index contributed by atoms with van der Waals surface area (Å²) in [5.74, 6) is -0.437. The quantitative estimate of drug-likeness (QED) is 0.789. The van der Waals surface area contributed by atoms with Crippen LogP contribution in [-0.2, 0) is 16.1 Å². The molecular weight excluding hydrogens is 282 g/mol. The summed E-state index contributed by atoms with van der Waals surface area (Å²) in [5.41, 5.74) is 0.579. The summed E-state index contributed by atoms with van der Waals surface area (Å²) in [7, 11) is 0. The Bertz CT molecular complexity index is 549. The van der Waals surface area contributed by atoms with E-state index in [1.165, 1.54) is 35.0 Å². The lowest BCUT2D eigenvalue weighted by atomic mass is 10.2. The summed E-state index contributed by atoms with van der Waals surface area (Å²) in [5, 5.41) is 11.5. The van der Waals surface area contributed by atoms with Gasteiger partial charge in [-0.1, -0.05) is 0 Å². The molecule has 1 aliphatic rings. The van der Waals surface area contributed by atoms with Gasteiger partial charge in [-0.15, -0.1) is 11.8 Å². The lowest BCUT2D eigenvalue weighted by Gasteiger charge is -2.14. The van der Waals surface area contributed by atoms with Gasteiger partial charge in [-0.2, -0.15) is 0 Å². The number of nitrogens with zero attached hydrogens (tertiary/aromatic N) is 2. The van der Waals surface area contributed by atoms with Gasteiger partial charge in [0.25, 0.3) is 0 Å². The molecule has 2 amide bonds. The molecule has 106 valence electrons. The van der Waals surface area contributed by atoms with Crippen LogP contribution in [0.2, 0.25) is 0 Å². The molecule has 0 spiro atoms. The molecule has 0 aromatic carbocycles. The highest BCUT2D eigenvalue weighted by molar-refractivity contribution is 8.00.